The summed E-state index contributed by atoms with van der Waals surface area (Å²) < 4.78 is 9.46. The number of benzene rings is 9. The Labute approximate surface area is 369 Å². The minimum Gasteiger partial charge on any atom is -0.457 e. The number of fused-ring (bicyclic) bond motifs is 13. The second-order valence-electron chi connectivity index (χ2n) is 16.4. The first-order chi connectivity index (χ1) is 31.2. The number of ether oxygens (including phenoxy) is 1. The van der Waals surface area contributed by atoms with Crippen LogP contribution in [0, 0.1) is 0 Å². The van der Waals surface area contributed by atoms with Gasteiger partial charge in [0.05, 0.1) is 16.8 Å². The topological polar surface area (TPSA) is 35.0 Å². The van der Waals surface area contributed by atoms with Crippen molar-refractivity contribution in [3.05, 3.63) is 241 Å². The molecule has 3 heterocycles. The van der Waals surface area contributed by atoms with E-state index in [2.05, 4.69) is 194 Å². The molecule has 13 rings (SSSR count). The van der Waals surface area contributed by atoms with E-state index in [0.29, 0.717) is 5.82 Å². The number of aromatic nitrogens is 2. The predicted octanol–water partition coefficient (Wildman–Crippen LogP) is 15.6. The Balaban J connectivity index is 0.957. The fraction of sp³-hybridized carbons (Fsp3) is 0.0169. The molecule has 11 aromatic rings. The van der Waals surface area contributed by atoms with E-state index in [0.717, 1.165) is 67.4 Å². The molecule has 1 unspecified atom stereocenters. The van der Waals surface area contributed by atoms with Crippen LogP contribution in [0.5, 0.6) is 11.5 Å². The van der Waals surface area contributed by atoms with Crippen LogP contribution in [0.25, 0.3) is 87.5 Å². The van der Waals surface area contributed by atoms with Crippen molar-refractivity contribution in [3.8, 4) is 78.8 Å². The van der Waals surface area contributed by atoms with E-state index >= 15 is 0 Å². The Kier molecular flexibility index (Phi) is 7.99. The average molecular weight is 821 g/mol. The van der Waals surface area contributed by atoms with Crippen LogP contribution in [0.2, 0.25) is 0 Å². The van der Waals surface area contributed by atoms with Gasteiger partial charge in [0.25, 0.3) is 0 Å². The Hall–Kier alpha value is -7.92. The van der Waals surface area contributed by atoms with E-state index in [1.807, 2.05) is 35.6 Å². The molecule has 63 heavy (non-hydrogen) atoms. The lowest BCUT2D eigenvalue weighted by Crippen LogP contribution is -2.32. The second-order valence-corrected chi connectivity index (χ2v) is 17.5. The molecule has 1 spiro atoms. The maximum Gasteiger partial charge on any atom is 0.160 e. The van der Waals surface area contributed by atoms with E-state index in [1.165, 1.54) is 48.0 Å². The van der Waals surface area contributed by atoms with Crippen molar-refractivity contribution in [2.24, 2.45) is 0 Å². The van der Waals surface area contributed by atoms with E-state index in [4.69, 9.17) is 14.7 Å². The van der Waals surface area contributed by atoms with Crippen LogP contribution in [0.4, 0.5) is 0 Å². The molecule has 1 aliphatic heterocycles. The number of hydrogen-bond donors (Lipinski definition) is 0. The van der Waals surface area contributed by atoms with Crippen molar-refractivity contribution < 1.29 is 4.74 Å². The Bertz CT molecular complexity index is 3550. The highest BCUT2D eigenvalue weighted by molar-refractivity contribution is 7.26. The fourth-order valence-electron chi connectivity index (χ4n) is 10.2. The third-order valence-electron chi connectivity index (χ3n) is 13.0. The van der Waals surface area contributed by atoms with Crippen LogP contribution >= 0.6 is 11.3 Å². The summed E-state index contributed by atoms with van der Waals surface area (Å²) in [6.07, 6.45) is 0. The maximum absolute atomic E-state index is 6.84. The molecule has 1 aliphatic carbocycles. The summed E-state index contributed by atoms with van der Waals surface area (Å²) in [4.78, 5) is 10.2. The average Bonchev–Trinajstić information content (AvgIpc) is 3.88. The van der Waals surface area contributed by atoms with Crippen LogP contribution in [0.1, 0.15) is 22.3 Å². The molecular formula is C59H36N2OS. The lowest BCUT2D eigenvalue weighted by atomic mass is 9.65. The van der Waals surface area contributed by atoms with Gasteiger partial charge in [-0.2, -0.15) is 0 Å². The summed E-state index contributed by atoms with van der Waals surface area (Å²) >= 11 is 1.88. The van der Waals surface area contributed by atoms with E-state index < -0.39 is 5.41 Å². The smallest absolute Gasteiger partial charge is 0.160 e. The zero-order valence-corrected chi connectivity index (χ0v) is 34.8. The summed E-state index contributed by atoms with van der Waals surface area (Å²) in [6, 6.07) is 78.3. The molecule has 0 fully saturated rings. The molecule has 294 valence electrons. The maximum atomic E-state index is 6.84. The molecule has 1 atom stereocenters. The number of thiophene rings is 1. The molecule has 2 aromatic heterocycles. The van der Waals surface area contributed by atoms with Gasteiger partial charge in [0.15, 0.2) is 5.82 Å². The highest BCUT2D eigenvalue weighted by atomic mass is 32.1. The zero-order valence-electron chi connectivity index (χ0n) is 34.0. The highest BCUT2D eigenvalue weighted by Gasteiger charge is 2.51. The van der Waals surface area contributed by atoms with Crippen LogP contribution in [-0.2, 0) is 5.41 Å². The van der Waals surface area contributed by atoms with Crippen molar-refractivity contribution in [2.45, 2.75) is 5.41 Å². The third kappa shape index (κ3) is 5.52. The number of para-hydroxylation sites is 1. The number of hydrogen-bond acceptors (Lipinski definition) is 4. The van der Waals surface area contributed by atoms with Crippen molar-refractivity contribution >= 4 is 31.5 Å². The molecule has 0 amide bonds. The molecule has 0 saturated carbocycles. The van der Waals surface area contributed by atoms with Crippen molar-refractivity contribution in [3.63, 3.8) is 0 Å². The molecule has 4 heteroatoms. The summed E-state index contributed by atoms with van der Waals surface area (Å²) in [6.45, 7) is 0. The molecule has 9 aromatic carbocycles. The van der Waals surface area contributed by atoms with Crippen LogP contribution < -0.4 is 4.74 Å². The Morgan fingerprint density at radius 2 is 0.952 bits per heavy atom. The van der Waals surface area contributed by atoms with Crippen LogP contribution in [0.15, 0.2) is 218 Å². The van der Waals surface area contributed by atoms with Crippen LogP contribution in [0.3, 0.4) is 0 Å². The third-order valence-corrected chi connectivity index (χ3v) is 14.1. The van der Waals surface area contributed by atoms with Crippen molar-refractivity contribution in [1.82, 2.24) is 9.97 Å². The van der Waals surface area contributed by atoms with Gasteiger partial charge < -0.3 is 4.74 Å². The number of rotatable bonds is 5. The van der Waals surface area contributed by atoms with Gasteiger partial charge in [-0.05, 0) is 93.0 Å². The molecule has 0 radical (unpaired) electrons. The Morgan fingerprint density at radius 3 is 1.75 bits per heavy atom. The Morgan fingerprint density at radius 1 is 0.365 bits per heavy atom. The van der Waals surface area contributed by atoms with Gasteiger partial charge in [-0.1, -0.05) is 170 Å². The standard InChI is InChI=1S/C59H36N2OS/c1-3-15-37(16-4-1)50-36-51(61-58(60-50)38-17-5-2-6-18-38)43-22-14-21-41(34-43)39-19-13-20-40(33-39)42-29-31-53-49(35-42)59(47-26-10-11-27-52(47)62-53)46-25-9-7-23-44(46)56-48(59)30-32-55-57(56)45-24-8-12-28-54(45)63-55/h1-36H. The van der Waals surface area contributed by atoms with Gasteiger partial charge in [0.2, 0.25) is 0 Å². The first kappa shape index (κ1) is 35.8. The minimum atomic E-state index is -0.579. The van der Waals surface area contributed by atoms with Gasteiger partial charge in [0, 0.05) is 48.0 Å². The lowest BCUT2D eigenvalue weighted by Gasteiger charge is -2.39. The quantitative estimate of drug-likeness (QED) is 0.173. The normalized spacial score (nSPS) is 14.5. The summed E-state index contributed by atoms with van der Waals surface area (Å²) in [5, 5.41) is 2.65. The minimum absolute atomic E-state index is 0.579. The van der Waals surface area contributed by atoms with Gasteiger partial charge in [0.1, 0.15) is 11.5 Å². The predicted molar refractivity (Wildman–Crippen MR) is 259 cm³/mol. The SMILES string of the molecule is c1ccc(-c2cc(-c3cccc(-c4cccc(-c5ccc6c(c5)C5(c7ccccc7O6)c6ccccc6-c6c5ccc5sc7ccccc7c65)c4)c3)nc(-c3ccccc3)n2)cc1. The lowest BCUT2D eigenvalue weighted by molar-refractivity contribution is 0.436. The first-order valence-corrected chi connectivity index (χ1v) is 22.2. The molecule has 0 N–H and O–H groups in total. The first-order valence-electron chi connectivity index (χ1n) is 21.4. The fourth-order valence-corrected chi connectivity index (χ4v) is 11.3. The van der Waals surface area contributed by atoms with Crippen molar-refractivity contribution in [2.75, 3.05) is 0 Å². The second kappa shape index (κ2) is 14.1. The van der Waals surface area contributed by atoms with E-state index in [9.17, 15) is 0 Å². The molecule has 0 saturated heterocycles. The van der Waals surface area contributed by atoms with Gasteiger partial charge in [-0.3, -0.25) is 0 Å². The monoisotopic (exact) mass is 820 g/mol. The van der Waals surface area contributed by atoms with Gasteiger partial charge in [-0.25, -0.2) is 9.97 Å². The van der Waals surface area contributed by atoms with E-state index in [1.54, 1.807) is 0 Å². The highest BCUT2D eigenvalue weighted by Crippen LogP contribution is 2.64. The van der Waals surface area contributed by atoms with Gasteiger partial charge in [-0.15, -0.1) is 11.3 Å². The summed E-state index contributed by atoms with van der Waals surface area (Å²) in [5.74, 6) is 2.48. The van der Waals surface area contributed by atoms with E-state index in [-0.39, 0.29) is 0 Å². The molecule has 0 bridgehead atoms. The summed E-state index contributed by atoms with van der Waals surface area (Å²) in [7, 11) is 0. The molecular weight excluding hydrogens is 785 g/mol. The van der Waals surface area contributed by atoms with Gasteiger partial charge >= 0.3 is 0 Å². The molecule has 3 nitrogen and oxygen atoms in total. The zero-order chi connectivity index (χ0) is 41.5. The molecule has 2 aliphatic rings. The number of nitrogens with zero attached hydrogens (tertiary/aromatic N) is 2. The largest absolute Gasteiger partial charge is 0.457 e. The van der Waals surface area contributed by atoms with Crippen LogP contribution in [-0.4, -0.2) is 9.97 Å². The van der Waals surface area contributed by atoms with Crippen molar-refractivity contribution in [1.29, 1.82) is 0 Å². The summed E-state index contributed by atoms with van der Waals surface area (Å²) in [5.41, 5.74) is 16.3.